The summed E-state index contributed by atoms with van der Waals surface area (Å²) in [7, 11) is 0. The van der Waals surface area contributed by atoms with Crippen molar-refractivity contribution in [1.29, 1.82) is 0 Å². The highest BCUT2D eigenvalue weighted by atomic mass is 16.1. The van der Waals surface area contributed by atoms with Gasteiger partial charge in [-0.3, -0.25) is 4.79 Å². The van der Waals surface area contributed by atoms with Crippen molar-refractivity contribution in [2.24, 2.45) is 0 Å². The Morgan fingerprint density at radius 1 is 1.00 bits per heavy atom. The van der Waals surface area contributed by atoms with Gasteiger partial charge < -0.3 is 4.79 Å². The van der Waals surface area contributed by atoms with Crippen molar-refractivity contribution >= 4 is 12.6 Å². The van der Waals surface area contributed by atoms with E-state index in [1.165, 1.54) is 6.92 Å². The van der Waals surface area contributed by atoms with Crippen molar-refractivity contribution in [3.8, 4) is 0 Å². The summed E-state index contributed by atoms with van der Waals surface area (Å²) in [6.45, 7) is 8.17. The van der Waals surface area contributed by atoms with Crippen molar-refractivity contribution in [2.45, 2.75) is 6.92 Å². The van der Waals surface area contributed by atoms with Gasteiger partial charge >= 0.3 is 0 Å². The molecule has 0 aromatic heterocycles. The van der Waals surface area contributed by atoms with E-state index in [0.29, 0.717) is 0 Å². The van der Waals surface area contributed by atoms with Crippen LogP contribution in [0.3, 0.4) is 0 Å². The normalized spacial score (nSPS) is 6.73. The monoisotopic (exact) mass is 204 g/mol. The van der Waals surface area contributed by atoms with E-state index in [4.69, 9.17) is 4.79 Å². The van der Waals surface area contributed by atoms with Crippen LogP contribution in [0.15, 0.2) is 55.6 Å². The third kappa shape index (κ3) is 14.9. The first-order chi connectivity index (χ1) is 7.26. The average molecular weight is 204 g/mol. The zero-order valence-electron chi connectivity index (χ0n) is 8.93. The van der Waals surface area contributed by atoms with Gasteiger partial charge in [0.15, 0.2) is 0 Å². The summed E-state index contributed by atoms with van der Waals surface area (Å²) in [5.41, 5.74) is 0.729. The number of carbonyl (C=O) groups excluding carboxylic acids is 2. The fourth-order valence-electron chi connectivity index (χ4n) is 0.532. The summed E-state index contributed by atoms with van der Waals surface area (Å²) in [5, 5.41) is 0. The van der Waals surface area contributed by atoms with E-state index >= 15 is 0 Å². The molecule has 0 N–H and O–H groups in total. The smallest absolute Gasteiger partial charge is 0.150 e. The molecule has 1 aromatic carbocycles. The van der Waals surface area contributed by atoms with Crippen LogP contribution < -0.4 is 0 Å². The van der Waals surface area contributed by atoms with Crippen LogP contribution in [-0.2, 0) is 4.79 Å². The topological polar surface area (TPSA) is 34.1 Å². The number of hydrogen-bond donors (Lipinski definition) is 0. The van der Waals surface area contributed by atoms with Crippen molar-refractivity contribution < 1.29 is 9.59 Å². The minimum Gasteiger partial charge on any atom is -0.304 e. The number of carbonyl (C=O) groups is 2. The van der Waals surface area contributed by atoms with Gasteiger partial charge in [-0.1, -0.05) is 55.6 Å². The van der Waals surface area contributed by atoms with Crippen LogP contribution in [0.2, 0.25) is 0 Å². The Hall–Kier alpha value is -1.96. The molecule has 80 valence electrons. The molecule has 0 heterocycles. The van der Waals surface area contributed by atoms with Crippen LogP contribution in [0.25, 0.3) is 0 Å². The molecule has 1 rings (SSSR count). The van der Waals surface area contributed by atoms with E-state index in [9.17, 15) is 4.79 Å². The van der Waals surface area contributed by atoms with Crippen molar-refractivity contribution in [1.82, 2.24) is 0 Å². The first kappa shape index (κ1) is 15.5. The largest absolute Gasteiger partial charge is 0.304 e. The maximum atomic E-state index is 10.0. The Bertz CT molecular complexity index is 270. The third-order valence-corrected chi connectivity index (χ3v) is 1.10. The van der Waals surface area contributed by atoms with Crippen LogP contribution in [0.1, 0.15) is 17.3 Å². The molecule has 0 atom stereocenters. The fourth-order valence-corrected chi connectivity index (χ4v) is 0.532. The van der Waals surface area contributed by atoms with E-state index in [0.717, 1.165) is 18.1 Å². The van der Waals surface area contributed by atoms with Gasteiger partial charge in [-0.25, -0.2) is 0 Å². The lowest BCUT2D eigenvalue weighted by atomic mass is 10.2. The van der Waals surface area contributed by atoms with Gasteiger partial charge in [0.25, 0.3) is 0 Å². The van der Waals surface area contributed by atoms with Gasteiger partial charge in [-0.2, -0.15) is 0 Å². The molecule has 0 aliphatic heterocycles. The zero-order chi connectivity index (χ0) is 11.9. The second kappa shape index (κ2) is 14.6. The van der Waals surface area contributed by atoms with Gasteiger partial charge in [-0.05, 0) is 6.92 Å². The molecule has 0 aliphatic rings. The van der Waals surface area contributed by atoms with Crippen LogP contribution in [-0.4, -0.2) is 12.6 Å². The fraction of sp³-hybridized carbons (Fsp3) is 0.0769. The number of benzene rings is 1. The molecule has 0 saturated carbocycles. The molecule has 15 heavy (non-hydrogen) atoms. The summed E-state index contributed by atoms with van der Waals surface area (Å²) in [5.74, 6) is 0. The standard InChI is InChI=1S/C7H6O.C4H6.C2H4O/c8-6-7-4-2-1-3-5-7;1-3-4-2;1-2-3/h1-6H;3-4H,1-2H2;2H,1H3. The molecule has 0 aliphatic carbocycles. The molecular formula is C13H16O2. The lowest BCUT2D eigenvalue weighted by Gasteiger charge is -1.81. The highest BCUT2D eigenvalue weighted by Crippen LogP contribution is 1.91. The van der Waals surface area contributed by atoms with Crippen molar-refractivity contribution in [3.63, 3.8) is 0 Å². The Balaban J connectivity index is 0. The molecule has 1 aromatic rings. The number of allylic oxidation sites excluding steroid dienone is 2. The molecule has 0 saturated heterocycles. The minimum atomic E-state index is 0.729. The average Bonchev–Trinajstić information content (AvgIpc) is 2.31. The predicted molar refractivity (Wildman–Crippen MR) is 64.0 cm³/mol. The van der Waals surface area contributed by atoms with Gasteiger partial charge in [0, 0.05) is 5.56 Å². The number of hydrogen-bond acceptors (Lipinski definition) is 2. The summed E-state index contributed by atoms with van der Waals surface area (Å²) in [6.07, 6.45) is 4.86. The molecule has 0 amide bonds. The summed E-state index contributed by atoms with van der Waals surface area (Å²) >= 11 is 0. The number of aldehydes is 2. The van der Waals surface area contributed by atoms with Crippen LogP contribution in [0, 0.1) is 0 Å². The SMILES string of the molecule is C=CC=C.CC=O.O=Cc1ccccc1. The second-order valence-corrected chi connectivity index (χ2v) is 2.24. The van der Waals surface area contributed by atoms with Crippen LogP contribution >= 0.6 is 0 Å². The van der Waals surface area contributed by atoms with Crippen LogP contribution in [0.4, 0.5) is 0 Å². The van der Waals surface area contributed by atoms with E-state index in [-0.39, 0.29) is 0 Å². The Kier molecular flexibility index (Phi) is 15.1. The number of rotatable bonds is 2. The Labute approximate surface area is 90.9 Å². The van der Waals surface area contributed by atoms with E-state index in [1.807, 2.05) is 18.2 Å². The maximum Gasteiger partial charge on any atom is 0.150 e. The summed E-state index contributed by atoms with van der Waals surface area (Å²) in [6, 6.07) is 9.10. The first-order valence-corrected chi connectivity index (χ1v) is 4.40. The molecule has 2 heteroatoms. The van der Waals surface area contributed by atoms with Gasteiger partial charge in [0.05, 0.1) is 0 Å². The summed E-state index contributed by atoms with van der Waals surface area (Å²) < 4.78 is 0. The van der Waals surface area contributed by atoms with Crippen LogP contribution in [0.5, 0.6) is 0 Å². The minimum absolute atomic E-state index is 0.729. The van der Waals surface area contributed by atoms with Gasteiger partial charge in [0.2, 0.25) is 0 Å². The lowest BCUT2D eigenvalue weighted by molar-refractivity contribution is -0.106. The quantitative estimate of drug-likeness (QED) is 0.548. The van der Waals surface area contributed by atoms with E-state index < -0.39 is 0 Å². The predicted octanol–water partition coefficient (Wildman–Crippen LogP) is 3.06. The van der Waals surface area contributed by atoms with Crippen molar-refractivity contribution in [3.05, 3.63) is 61.2 Å². The van der Waals surface area contributed by atoms with Crippen molar-refractivity contribution in [2.75, 3.05) is 0 Å². The highest BCUT2D eigenvalue weighted by Gasteiger charge is 1.79. The highest BCUT2D eigenvalue weighted by molar-refractivity contribution is 5.74. The summed E-state index contributed by atoms with van der Waals surface area (Å²) in [4.78, 5) is 18.8. The second-order valence-electron chi connectivity index (χ2n) is 2.24. The molecule has 0 radical (unpaired) electrons. The third-order valence-electron chi connectivity index (χ3n) is 1.10. The Morgan fingerprint density at radius 2 is 1.40 bits per heavy atom. The maximum absolute atomic E-state index is 10.0. The van der Waals surface area contributed by atoms with E-state index in [2.05, 4.69) is 13.2 Å². The molecule has 0 fully saturated rings. The first-order valence-electron chi connectivity index (χ1n) is 4.40. The molecule has 0 unspecified atom stereocenters. The van der Waals surface area contributed by atoms with Gasteiger partial charge in [-0.15, -0.1) is 0 Å². The lowest BCUT2D eigenvalue weighted by Crippen LogP contribution is -1.73. The molecule has 0 bridgehead atoms. The van der Waals surface area contributed by atoms with E-state index in [1.54, 1.807) is 24.3 Å². The molecular weight excluding hydrogens is 188 g/mol. The Morgan fingerprint density at radius 3 is 1.60 bits per heavy atom. The zero-order valence-corrected chi connectivity index (χ0v) is 8.93. The van der Waals surface area contributed by atoms with Gasteiger partial charge in [0.1, 0.15) is 12.6 Å². The molecule has 2 nitrogen and oxygen atoms in total. The molecule has 0 spiro atoms.